The summed E-state index contributed by atoms with van der Waals surface area (Å²) in [7, 11) is 0. The summed E-state index contributed by atoms with van der Waals surface area (Å²) >= 11 is 0. The number of aryl methyl sites for hydroxylation is 3. The summed E-state index contributed by atoms with van der Waals surface area (Å²) in [6, 6.07) is 0. The normalized spacial score (nSPS) is 23.8. The predicted molar refractivity (Wildman–Crippen MR) is 99.8 cm³/mol. The molecule has 2 atom stereocenters. The average molecular weight is 370 g/mol. The molecule has 1 aliphatic carbocycles. The SMILES string of the molecule is Cc1nc2c(c(N3CC4CN(c5nc(C)c(F)c(=O)[nH]5)CC4C3)n1)CCC2. The van der Waals surface area contributed by atoms with Crippen LogP contribution in [0.25, 0.3) is 0 Å². The van der Waals surface area contributed by atoms with Gasteiger partial charge in [0.05, 0.1) is 5.69 Å². The van der Waals surface area contributed by atoms with Gasteiger partial charge in [-0.15, -0.1) is 0 Å². The van der Waals surface area contributed by atoms with Crippen LogP contribution in [0, 0.1) is 31.5 Å². The standard InChI is InChI=1S/C19H23FN6O/c1-10-16(20)18(27)24-19(21-10)26-8-12-6-25(7-13(12)9-26)17-14-4-3-5-15(14)22-11(2)23-17/h12-13H,3-9H2,1-2H3,(H,21,24,27). The molecule has 142 valence electrons. The minimum atomic E-state index is -0.794. The first-order valence-electron chi connectivity index (χ1n) is 9.62. The lowest BCUT2D eigenvalue weighted by molar-refractivity contribution is 0.533. The molecule has 0 saturated carbocycles. The first-order chi connectivity index (χ1) is 13.0. The minimum Gasteiger partial charge on any atom is -0.356 e. The van der Waals surface area contributed by atoms with Crippen molar-refractivity contribution in [2.45, 2.75) is 33.1 Å². The van der Waals surface area contributed by atoms with E-state index in [9.17, 15) is 9.18 Å². The van der Waals surface area contributed by atoms with E-state index in [2.05, 4.69) is 24.8 Å². The fourth-order valence-electron chi connectivity index (χ4n) is 4.84. The van der Waals surface area contributed by atoms with Crippen LogP contribution in [0.4, 0.5) is 16.2 Å². The second-order valence-corrected chi connectivity index (χ2v) is 7.99. The number of fused-ring (bicyclic) bond motifs is 2. The molecule has 27 heavy (non-hydrogen) atoms. The Kier molecular flexibility index (Phi) is 3.70. The topological polar surface area (TPSA) is 78.0 Å². The largest absolute Gasteiger partial charge is 0.356 e. The number of rotatable bonds is 2. The molecular weight excluding hydrogens is 347 g/mol. The Morgan fingerprint density at radius 1 is 1.00 bits per heavy atom. The van der Waals surface area contributed by atoms with Gasteiger partial charge < -0.3 is 9.80 Å². The van der Waals surface area contributed by atoms with Crippen LogP contribution in [-0.2, 0) is 12.8 Å². The van der Waals surface area contributed by atoms with E-state index in [1.165, 1.54) is 18.2 Å². The Hall–Kier alpha value is -2.51. The van der Waals surface area contributed by atoms with Gasteiger partial charge in [0.1, 0.15) is 11.6 Å². The summed E-state index contributed by atoms with van der Waals surface area (Å²) in [4.78, 5) is 32.4. The molecule has 2 aliphatic heterocycles. The Bertz CT molecular complexity index is 959. The monoisotopic (exact) mass is 370 g/mol. The molecule has 5 rings (SSSR count). The molecule has 2 fully saturated rings. The molecular formula is C19H23FN6O. The Labute approximate surface area is 156 Å². The first-order valence-corrected chi connectivity index (χ1v) is 9.62. The maximum atomic E-state index is 13.6. The van der Waals surface area contributed by atoms with E-state index in [1.807, 2.05) is 6.92 Å². The number of nitrogens with one attached hydrogen (secondary N) is 1. The number of halogens is 1. The van der Waals surface area contributed by atoms with Crippen molar-refractivity contribution in [2.24, 2.45) is 11.8 Å². The highest BCUT2D eigenvalue weighted by molar-refractivity contribution is 5.53. The lowest BCUT2D eigenvalue weighted by Gasteiger charge is -2.24. The average Bonchev–Trinajstić information content (AvgIpc) is 3.32. The molecule has 0 radical (unpaired) electrons. The van der Waals surface area contributed by atoms with Gasteiger partial charge in [0.2, 0.25) is 11.8 Å². The maximum Gasteiger partial charge on any atom is 0.288 e. The van der Waals surface area contributed by atoms with Crippen molar-refractivity contribution in [2.75, 3.05) is 36.0 Å². The fourth-order valence-corrected chi connectivity index (χ4v) is 4.84. The number of aromatic amines is 1. The van der Waals surface area contributed by atoms with Crippen molar-refractivity contribution in [3.05, 3.63) is 38.9 Å². The molecule has 2 aromatic rings. The van der Waals surface area contributed by atoms with Crippen molar-refractivity contribution >= 4 is 11.8 Å². The number of nitrogens with zero attached hydrogens (tertiary/aromatic N) is 5. The lowest BCUT2D eigenvalue weighted by atomic mass is 10.0. The second kappa shape index (κ2) is 6.00. The van der Waals surface area contributed by atoms with E-state index in [4.69, 9.17) is 4.98 Å². The molecule has 1 N–H and O–H groups in total. The summed E-state index contributed by atoms with van der Waals surface area (Å²) in [6.07, 6.45) is 3.30. The zero-order valence-electron chi connectivity index (χ0n) is 15.6. The number of aromatic nitrogens is 4. The van der Waals surface area contributed by atoms with Crippen LogP contribution in [-0.4, -0.2) is 46.1 Å². The molecule has 8 heteroatoms. The van der Waals surface area contributed by atoms with Gasteiger partial charge >= 0.3 is 0 Å². The van der Waals surface area contributed by atoms with Gasteiger partial charge in [0, 0.05) is 49.3 Å². The molecule has 0 bridgehead atoms. The van der Waals surface area contributed by atoms with E-state index >= 15 is 0 Å². The van der Waals surface area contributed by atoms with Gasteiger partial charge in [-0.05, 0) is 33.1 Å². The van der Waals surface area contributed by atoms with Crippen molar-refractivity contribution < 1.29 is 4.39 Å². The van der Waals surface area contributed by atoms with Crippen LogP contribution in [0.2, 0.25) is 0 Å². The summed E-state index contributed by atoms with van der Waals surface area (Å²) < 4.78 is 13.6. The third-order valence-corrected chi connectivity index (χ3v) is 6.12. The van der Waals surface area contributed by atoms with Gasteiger partial charge in [-0.1, -0.05) is 0 Å². The predicted octanol–water partition coefficient (Wildman–Crippen LogP) is 1.38. The molecule has 0 aromatic carbocycles. The van der Waals surface area contributed by atoms with Crippen LogP contribution in [0.3, 0.4) is 0 Å². The van der Waals surface area contributed by atoms with Gasteiger partial charge in [-0.2, -0.15) is 4.39 Å². The van der Waals surface area contributed by atoms with Gasteiger partial charge in [0.15, 0.2) is 0 Å². The third-order valence-electron chi connectivity index (χ3n) is 6.12. The Morgan fingerprint density at radius 2 is 1.70 bits per heavy atom. The summed E-state index contributed by atoms with van der Waals surface area (Å²) in [5.41, 5.74) is 2.01. The van der Waals surface area contributed by atoms with E-state index in [1.54, 1.807) is 0 Å². The highest BCUT2D eigenvalue weighted by Gasteiger charge is 2.42. The maximum absolute atomic E-state index is 13.6. The van der Waals surface area contributed by atoms with Crippen LogP contribution in [0.1, 0.15) is 29.2 Å². The molecule has 2 saturated heterocycles. The quantitative estimate of drug-likeness (QED) is 0.861. The van der Waals surface area contributed by atoms with Crippen LogP contribution in [0.15, 0.2) is 4.79 Å². The van der Waals surface area contributed by atoms with E-state index in [0.29, 0.717) is 17.8 Å². The number of anilines is 2. The number of H-pyrrole nitrogens is 1. The van der Waals surface area contributed by atoms with Crippen molar-refractivity contribution in [1.29, 1.82) is 0 Å². The zero-order chi connectivity index (χ0) is 18.7. The molecule has 0 spiro atoms. The highest BCUT2D eigenvalue weighted by Crippen LogP contribution is 2.37. The molecule has 3 aliphatic rings. The van der Waals surface area contributed by atoms with E-state index < -0.39 is 11.4 Å². The van der Waals surface area contributed by atoms with Gasteiger partial charge in [-0.25, -0.2) is 15.0 Å². The lowest BCUT2D eigenvalue weighted by Crippen LogP contribution is -2.32. The Morgan fingerprint density at radius 3 is 2.41 bits per heavy atom. The van der Waals surface area contributed by atoms with Crippen molar-refractivity contribution in [3.63, 3.8) is 0 Å². The highest BCUT2D eigenvalue weighted by atomic mass is 19.1. The fraction of sp³-hybridized carbons (Fsp3) is 0.579. The van der Waals surface area contributed by atoms with Crippen molar-refractivity contribution in [1.82, 2.24) is 19.9 Å². The molecule has 2 aromatic heterocycles. The van der Waals surface area contributed by atoms with E-state index in [-0.39, 0.29) is 5.69 Å². The smallest absolute Gasteiger partial charge is 0.288 e. The van der Waals surface area contributed by atoms with Crippen LogP contribution < -0.4 is 15.4 Å². The Balaban J connectivity index is 1.36. The van der Waals surface area contributed by atoms with Crippen LogP contribution in [0.5, 0.6) is 0 Å². The summed E-state index contributed by atoms with van der Waals surface area (Å²) in [6.45, 7) is 7.05. The van der Waals surface area contributed by atoms with Crippen molar-refractivity contribution in [3.8, 4) is 0 Å². The molecule has 0 amide bonds. The van der Waals surface area contributed by atoms with Crippen LogP contribution >= 0.6 is 0 Å². The van der Waals surface area contributed by atoms with Gasteiger partial charge in [0.25, 0.3) is 5.56 Å². The second-order valence-electron chi connectivity index (χ2n) is 7.99. The molecule has 4 heterocycles. The number of hydrogen-bond acceptors (Lipinski definition) is 6. The first kappa shape index (κ1) is 16.6. The number of hydrogen-bond donors (Lipinski definition) is 1. The minimum absolute atomic E-state index is 0.152. The molecule has 2 unspecified atom stereocenters. The van der Waals surface area contributed by atoms with Gasteiger partial charge in [-0.3, -0.25) is 9.78 Å². The summed E-state index contributed by atoms with van der Waals surface area (Å²) in [5.74, 6) is 2.66. The summed E-state index contributed by atoms with van der Waals surface area (Å²) in [5, 5.41) is 0. The van der Waals surface area contributed by atoms with E-state index in [0.717, 1.165) is 57.1 Å². The molecule has 7 nitrogen and oxygen atoms in total. The third kappa shape index (κ3) is 2.69. The zero-order valence-corrected chi connectivity index (χ0v) is 15.6.